The summed E-state index contributed by atoms with van der Waals surface area (Å²) >= 11 is 1.70. The summed E-state index contributed by atoms with van der Waals surface area (Å²) < 4.78 is 18.8. The number of piperazine rings is 1. The molecule has 168 valence electrons. The van der Waals surface area contributed by atoms with Gasteiger partial charge in [-0.05, 0) is 54.8 Å². The largest absolute Gasteiger partial charge is 0.495 e. The first-order valence-corrected chi connectivity index (χ1v) is 11.7. The quantitative estimate of drug-likeness (QED) is 0.569. The number of ether oxygens (including phenoxy) is 1. The van der Waals surface area contributed by atoms with Crippen molar-refractivity contribution < 1.29 is 13.9 Å². The minimum atomic E-state index is -0.348. The zero-order valence-corrected chi connectivity index (χ0v) is 19.1. The van der Waals surface area contributed by atoms with Crippen LogP contribution in [0, 0.1) is 5.82 Å². The van der Waals surface area contributed by atoms with Gasteiger partial charge in [0.05, 0.1) is 18.8 Å². The summed E-state index contributed by atoms with van der Waals surface area (Å²) in [5, 5.41) is 5.20. The number of hydrogen-bond donors (Lipinski definition) is 1. The highest BCUT2D eigenvalue weighted by Crippen LogP contribution is 2.32. The highest BCUT2D eigenvalue weighted by Gasteiger charge is 2.31. The number of nitrogens with one attached hydrogen (secondary N) is 1. The van der Waals surface area contributed by atoms with Crippen LogP contribution in [-0.4, -0.2) is 50.1 Å². The van der Waals surface area contributed by atoms with Crippen LogP contribution in [0.15, 0.2) is 66.0 Å². The predicted octanol–water partition coefficient (Wildman–Crippen LogP) is 4.58. The van der Waals surface area contributed by atoms with E-state index in [1.54, 1.807) is 18.4 Å². The van der Waals surface area contributed by atoms with Gasteiger partial charge in [0.25, 0.3) is 5.91 Å². The number of methoxy groups -OCH3 is 1. The number of thiophene rings is 1. The first-order chi connectivity index (χ1) is 15.6. The Bertz CT molecular complexity index is 1020. The van der Waals surface area contributed by atoms with E-state index in [0.717, 1.165) is 37.6 Å². The molecule has 3 aromatic rings. The number of carbonyl (C=O) groups excluding carboxylic acids is 1. The van der Waals surface area contributed by atoms with E-state index in [9.17, 15) is 9.18 Å². The molecule has 0 aliphatic carbocycles. The number of nitrogens with zero attached hydrogens (tertiary/aromatic N) is 2. The van der Waals surface area contributed by atoms with E-state index in [-0.39, 0.29) is 23.8 Å². The lowest BCUT2D eigenvalue weighted by Crippen LogP contribution is -2.52. The Morgan fingerprint density at radius 3 is 2.41 bits per heavy atom. The SMILES string of the molecule is COc1ccccc1N1CCN([C@@H](c2cccs2)[C@@H](C)NC(=O)c2ccc(F)cc2)CC1. The maximum absolute atomic E-state index is 13.2. The fourth-order valence-corrected chi connectivity index (χ4v) is 5.27. The Hall–Kier alpha value is -2.90. The molecule has 2 heterocycles. The second-order valence-corrected chi connectivity index (χ2v) is 8.90. The summed E-state index contributed by atoms with van der Waals surface area (Å²) in [5.41, 5.74) is 1.57. The van der Waals surface area contributed by atoms with Crippen LogP contribution in [0.2, 0.25) is 0 Å². The monoisotopic (exact) mass is 453 g/mol. The molecule has 1 aromatic heterocycles. The lowest BCUT2D eigenvalue weighted by atomic mass is 10.0. The number of para-hydroxylation sites is 2. The third-order valence-electron chi connectivity index (χ3n) is 5.91. The molecule has 1 amide bonds. The molecule has 4 rings (SSSR count). The average Bonchev–Trinajstić information content (AvgIpc) is 3.34. The van der Waals surface area contributed by atoms with E-state index in [4.69, 9.17) is 4.74 Å². The zero-order chi connectivity index (χ0) is 22.5. The van der Waals surface area contributed by atoms with E-state index < -0.39 is 0 Å². The number of rotatable bonds is 7. The van der Waals surface area contributed by atoms with Gasteiger partial charge in [-0.15, -0.1) is 11.3 Å². The standard InChI is InChI=1S/C25H28FN3O2S/c1-18(27-25(30)19-9-11-20(26)12-10-19)24(23-8-5-17-32-23)29-15-13-28(14-16-29)21-6-3-4-7-22(21)31-2/h3-12,17-18,24H,13-16H2,1-2H3,(H,27,30)/t18-,24-/m1/s1. The van der Waals surface area contributed by atoms with Crippen molar-refractivity contribution in [3.8, 4) is 5.75 Å². The molecule has 0 radical (unpaired) electrons. The van der Waals surface area contributed by atoms with Gasteiger partial charge in [-0.1, -0.05) is 18.2 Å². The maximum Gasteiger partial charge on any atom is 0.251 e. The van der Waals surface area contributed by atoms with E-state index in [2.05, 4.69) is 32.6 Å². The van der Waals surface area contributed by atoms with Crippen molar-refractivity contribution in [3.05, 3.63) is 82.3 Å². The molecule has 32 heavy (non-hydrogen) atoms. The minimum Gasteiger partial charge on any atom is -0.495 e. The van der Waals surface area contributed by atoms with Crippen molar-refractivity contribution in [2.75, 3.05) is 38.2 Å². The normalized spacial score (nSPS) is 16.4. The van der Waals surface area contributed by atoms with Gasteiger partial charge in [0.15, 0.2) is 0 Å². The van der Waals surface area contributed by atoms with Gasteiger partial charge >= 0.3 is 0 Å². The van der Waals surface area contributed by atoms with Gasteiger partial charge in [-0.3, -0.25) is 9.69 Å². The molecular formula is C25H28FN3O2S. The van der Waals surface area contributed by atoms with Crippen LogP contribution in [0.4, 0.5) is 10.1 Å². The third kappa shape index (κ3) is 4.95. The smallest absolute Gasteiger partial charge is 0.251 e. The van der Waals surface area contributed by atoms with Gasteiger partial charge in [0.2, 0.25) is 0 Å². The Kier molecular flexibility index (Phi) is 7.07. The van der Waals surface area contributed by atoms with Gasteiger partial charge in [-0.25, -0.2) is 4.39 Å². The first-order valence-electron chi connectivity index (χ1n) is 10.8. The Morgan fingerprint density at radius 1 is 1.03 bits per heavy atom. The molecule has 1 aliphatic heterocycles. The molecule has 1 N–H and O–H groups in total. The van der Waals surface area contributed by atoms with Gasteiger partial charge in [-0.2, -0.15) is 0 Å². The molecule has 1 saturated heterocycles. The van der Waals surface area contributed by atoms with Crippen molar-refractivity contribution in [1.29, 1.82) is 0 Å². The summed E-state index contributed by atoms with van der Waals surface area (Å²) in [6.07, 6.45) is 0. The second-order valence-electron chi connectivity index (χ2n) is 7.92. The molecule has 2 aromatic carbocycles. The van der Waals surface area contributed by atoms with Crippen molar-refractivity contribution in [3.63, 3.8) is 0 Å². The molecule has 1 fully saturated rings. The molecule has 0 saturated carbocycles. The summed E-state index contributed by atoms with van der Waals surface area (Å²) in [6.45, 7) is 5.54. The van der Waals surface area contributed by atoms with Crippen molar-refractivity contribution in [1.82, 2.24) is 10.2 Å². The van der Waals surface area contributed by atoms with E-state index >= 15 is 0 Å². The third-order valence-corrected chi connectivity index (χ3v) is 6.85. The zero-order valence-electron chi connectivity index (χ0n) is 18.3. The summed E-state index contributed by atoms with van der Waals surface area (Å²) in [5.74, 6) is 0.348. The second kappa shape index (κ2) is 10.1. The topological polar surface area (TPSA) is 44.8 Å². The van der Waals surface area contributed by atoms with Crippen LogP contribution in [0.5, 0.6) is 5.75 Å². The summed E-state index contributed by atoms with van der Waals surface area (Å²) in [6, 6.07) is 17.9. The first kappa shape index (κ1) is 22.3. The van der Waals surface area contributed by atoms with E-state index in [1.165, 1.54) is 29.1 Å². The lowest BCUT2D eigenvalue weighted by Gasteiger charge is -2.42. The Morgan fingerprint density at radius 2 is 1.75 bits per heavy atom. The Labute approximate surface area is 192 Å². The molecule has 0 unspecified atom stereocenters. The van der Waals surface area contributed by atoms with Crippen molar-refractivity contribution >= 4 is 22.9 Å². The predicted molar refractivity (Wildman–Crippen MR) is 127 cm³/mol. The highest BCUT2D eigenvalue weighted by atomic mass is 32.1. The number of benzene rings is 2. The molecule has 7 heteroatoms. The molecule has 2 atom stereocenters. The number of carbonyl (C=O) groups is 1. The fourth-order valence-electron chi connectivity index (χ4n) is 4.30. The van der Waals surface area contributed by atoms with Crippen LogP contribution in [0.1, 0.15) is 28.2 Å². The molecule has 0 bridgehead atoms. The lowest BCUT2D eigenvalue weighted by molar-refractivity contribution is 0.0890. The summed E-state index contributed by atoms with van der Waals surface area (Å²) in [4.78, 5) is 18.8. The number of hydrogen-bond acceptors (Lipinski definition) is 5. The van der Waals surface area contributed by atoms with Crippen molar-refractivity contribution in [2.45, 2.75) is 19.0 Å². The number of halogens is 1. The van der Waals surface area contributed by atoms with E-state index in [0.29, 0.717) is 5.56 Å². The number of amides is 1. The van der Waals surface area contributed by atoms with Gasteiger partial charge < -0.3 is 15.0 Å². The van der Waals surface area contributed by atoms with Crippen molar-refractivity contribution in [2.24, 2.45) is 0 Å². The molecule has 5 nitrogen and oxygen atoms in total. The fraction of sp³-hybridized carbons (Fsp3) is 0.320. The van der Waals surface area contributed by atoms with Gasteiger partial charge in [0, 0.05) is 42.7 Å². The Balaban J connectivity index is 1.47. The minimum absolute atomic E-state index is 0.0687. The molecule has 0 spiro atoms. The van der Waals surface area contributed by atoms with Crippen LogP contribution in [0.3, 0.4) is 0 Å². The van der Waals surface area contributed by atoms with Crippen LogP contribution in [-0.2, 0) is 0 Å². The van der Waals surface area contributed by atoms with Gasteiger partial charge in [0.1, 0.15) is 11.6 Å². The van der Waals surface area contributed by atoms with Crippen LogP contribution in [0.25, 0.3) is 0 Å². The molecule has 1 aliphatic rings. The summed E-state index contributed by atoms with van der Waals surface area (Å²) in [7, 11) is 1.70. The van der Waals surface area contributed by atoms with Crippen LogP contribution >= 0.6 is 11.3 Å². The number of anilines is 1. The molecular weight excluding hydrogens is 425 g/mol. The average molecular weight is 454 g/mol. The van der Waals surface area contributed by atoms with Crippen LogP contribution < -0.4 is 15.0 Å². The maximum atomic E-state index is 13.2. The highest BCUT2D eigenvalue weighted by molar-refractivity contribution is 7.10. The van der Waals surface area contributed by atoms with E-state index in [1.807, 2.05) is 31.2 Å².